The van der Waals surface area contributed by atoms with Crippen LogP contribution in [-0.2, 0) is 6.42 Å². The van der Waals surface area contributed by atoms with Crippen LogP contribution in [0, 0.1) is 25.5 Å². The summed E-state index contributed by atoms with van der Waals surface area (Å²) in [6.07, 6.45) is -0.586. The number of rotatable bonds is 6. The highest BCUT2D eigenvalue weighted by molar-refractivity contribution is 9.10. The van der Waals surface area contributed by atoms with Gasteiger partial charge in [0.2, 0.25) is 0 Å². The van der Waals surface area contributed by atoms with Crippen LogP contribution in [0.2, 0.25) is 10.0 Å². The smallest absolute Gasteiger partial charge is 0.147 e. The van der Waals surface area contributed by atoms with E-state index in [-0.39, 0.29) is 21.4 Å². The molecule has 3 nitrogen and oxygen atoms in total. The molecule has 0 heterocycles. The molecule has 1 atom stereocenters. The van der Waals surface area contributed by atoms with E-state index in [2.05, 4.69) is 31.9 Å². The van der Waals surface area contributed by atoms with Gasteiger partial charge in [0.15, 0.2) is 0 Å². The summed E-state index contributed by atoms with van der Waals surface area (Å²) in [7, 11) is 3.18. The van der Waals surface area contributed by atoms with E-state index < -0.39 is 11.9 Å². The first-order chi connectivity index (χ1) is 18.5. The third-order valence-electron chi connectivity index (χ3n) is 6.13. The van der Waals surface area contributed by atoms with E-state index in [9.17, 15) is 13.9 Å². The maximum atomic E-state index is 14.0. The van der Waals surface area contributed by atoms with Crippen LogP contribution in [0.1, 0.15) is 39.5 Å². The Balaban J connectivity index is 0.000000216. The van der Waals surface area contributed by atoms with Crippen LogP contribution in [0.3, 0.4) is 0 Å². The standard InChI is InChI=1S/C15H13BrClFO2.C15H13BrClFO/c1-8-6-13(20-2)11(16)7-10(8)15(19)9-4-3-5-12(17)14(9)18;1-9-6-14(19-2)12(16)8-11(9)7-10-4-3-5-13(17)15(10)18/h3-7,15,19H,1-2H3;3-6,8H,7H2,1-2H3. The summed E-state index contributed by atoms with van der Waals surface area (Å²) in [5, 5.41) is 10.6. The molecule has 4 rings (SSSR count). The van der Waals surface area contributed by atoms with Crippen molar-refractivity contribution >= 4 is 55.1 Å². The van der Waals surface area contributed by atoms with E-state index in [1.54, 1.807) is 50.6 Å². The molecule has 0 aliphatic carbocycles. The third kappa shape index (κ3) is 7.53. The molecule has 0 spiro atoms. The second-order valence-electron chi connectivity index (χ2n) is 8.69. The van der Waals surface area contributed by atoms with Crippen LogP contribution < -0.4 is 9.47 Å². The number of ether oxygens (including phenoxy) is 2. The fourth-order valence-corrected chi connectivity index (χ4v) is 5.41. The average molecular weight is 703 g/mol. The fraction of sp³-hybridized carbons (Fsp3) is 0.200. The van der Waals surface area contributed by atoms with E-state index in [0.29, 0.717) is 27.8 Å². The van der Waals surface area contributed by atoms with Gasteiger partial charge in [0.1, 0.15) is 29.2 Å². The Morgan fingerprint density at radius 2 is 1.28 bits per heavy atom. The van der Waals surface area contributed by atoms with E-state index in [1.807, 2.05) is 26.0 Å². The molecule has 206 valence electrons. The molecule has 0 amide bonds. The Labute approximate surface area is 253 Å². The van der Waals surface area contributed by atoms with Crippen molar-refractivity contribution in [2.24, 2.45) is 0 Å². The van der Waals surface area contributed by atoms with E-state index >= 15 is 0 Å². The number of aryl methyl sites for hydroxylation is 2. The lowest BCUT2D eigenvalue weighted by molar-refractivity contribution is 0.214. The van der Waals surface area contributed by atoms with Gasteiger partial charge < -0.3 is 14.6 Å². The Kier molecular flexibility index (Phi) is 11.2. The summed E-state index contributed by atoms with van der Waals surface area (Å²) in [4.78, 5) is 0. The van der Waals surface area contributed by atoms with Gasteiger partial charge in [-0.2, -0.15) is 0 Å². The molecular weight excluding hydrogens is 677 g/mol. The lowest BCUT2D eigenvalue weighted by Crippen LogP contribution is -2.05. The van der Waals surface area contributed by atoms with E-state index in [0.717, 1.165) is 26.9 Å². The van der Waals surface area contributed by atoms with Crippen LogP contribution in [0.4, 0.5) is 8.78 Å². The summed E-state index contributed by atoms with van der Waals surface area (Å²) in [6, 6.07) is 17.0. The lowest BCUT2D eigenvalue weighted by Gasteiger charge is -2.17. The summed E-state index contributed by atoms with van der Waals surface area (Å²) in [5.41, 5.74) is 4.23. The zero-order chi connectivity index (χ0) is 28.9. The Bertz CT molecular complexity index is 1480. The predicted octanol–water partition coefficient (Wildman–Crippen LogP) is 9.79. The number of hydrogen-bond acceptors (Lipinski definition) is 3. The molecule has 4 aromatic carbocycles. The molecule has 0 saturated carbocycles. The van der Waals surface area contributed by atoms with Crippen molar-refractivity contribution in [2.75, 3.05) is 14.2 Å². The van der Waals surface area contributed by atoms with Crippen LogP contribution in [-0.4, -0.2) is 19.3 Å². The number of aliphatic hydroxyl groups excluding tert-OH is 1. The van der Waals surface area contributed by atoms with Gasteiger partial charge in [0.25, 0.3) is 0 Å². The fourth-order valence-electron chi connectivity index (χ4n) is 3.95. The van der Waals surface area contributed by atoms with Gasteiger partial charge in [-0.25, -0.2) is 8.78 Å². The van der Waals surface area contributed by atoms with Crippen molar-refractivity contribution < 1.29 is 23.4 Å². The number of benzene rings is 4. The molecule has 0 saturated heterocycles. The minimum atomic E-state index is -1.09. The van der Waals surface area contributed by atoms with Crippen LogP contribution in [0.25, 0.3) is 0 Å². The van der Waals surface area contributed by atoms with Gasteiger partial charge >= 0.3 is 0 Å². The van der Waals surface area contributed by atoms with Crippen LogP contribution in [0.15, 0.2) is 69.6 Å². The Morgan fingerprint density at radius 1 is 0.744 bits per heavy atom. The average Bonchev–Trinajstić information content (AvgIpc) is 2.91. The molecule has 0 bridgehead atoms. The molecule has 39 heavy (non-hydrogen) atoms. The molecule has 0 fully saturated rings. The zero-order valence-electron chi connectivity index (χ0n) is 21.6. The van der Waals surface area contributed by atoms with Gasteiger partial charge in [0, 0.05) is 12.0 Å². The highest BCUT2D eigenvalue weighted by Gasteiger charge is 2.20. The number of aliphatic hydroxyl groups is 1. The monoisotopic (exact) mass is 700 g/mol. The zero-order valence-corrected chi connectivity index (χ0v) is 26.3. The van der Waals surface area contributed by atoms with Crippen molar-refractivity contribution in [3.05, 3.63) is 125 Å². The highest BCUT2D eigenvalue weighted by atomic mass is 79.9. The normalized spacial score (nSPS) is 11.5. The first-order valence-corrected chi connectivity index (χ1v) is 14.0. The first-order valence-electron chi connectivity index (χ1n) is 11.7. The molecule has 0 aliphatic rings. The number of halogens is 6. The number of methoxy groups -OCH3 is 2. The second kappa shape index (κ2) is 14.0. The van der Waals surface area contributed by atoms with E-state index in [1.165, 1.54) is 12.1 Å². The minimum Gasteiger partial charge on any atom is -0.496 e. The largest absolute Gasteiger partial charge is 0.496 e. The maximum Gasteiger partial charge on any atom is 0.147 e. The van der Waals surface area contributed by atoms with Crippen LogP contribution >= 0.6 is 55.1 Å². The topological polar surface area (TPSA) is 38.7 Å². The molecule has 0 aliphatic heterocycles. The summed E-state index contributed by atoms with van der Waals surface area (Å²) < 4.78 is 39.9. The minimum absolute atomic E-state index is 0.00761. The highest BCUT2D eigenvalue weighted by Crippen LogP contribution is 2.35. The summed E-state index contributed by atoms with van der Waals surface area (Å²) >= 11 is 18.3. The lowest BCUT2D eigenvalue weighted by atomic mass is 9.97. The molecule has 0 radical (unpaired) electrons. The van der Waals surface area contributed by atoms with Gasteiger partial charge in [-0.1, -0.05) is 47.5 Å². The predicted molar refractivity (Wildman–Crippen MR) is 161 cm³/mol. The van der Waals surface area contributed by atoms with Crippen molar-refractivity contribution in [3.63, 3.8) is 0 Å². The van der Waals surface area contributed by atoms with Gasteiger partial charge in [-0.05, 0) is 110 Å². The molecule has 9 heteroatoms. The Hall–Kier alpha value is -2.16. The van der Waals surface area contributed by atoms with E-state index in [4.69, 9.17) is 32.7 Å². The quantitative estimate of drug-likeness (QED) is 0.218. The second-order valence-corrected chi connectivity index (χ2v) is 11.2. The summed E-state index contributed by atoms with van der Waals surface area (Å²) in [6.45, 7) is 3.81. The third-order valence-corrected chi connectivity index (χ3v) is 7.96. The van der Waals surface area contributed by atoms with Gasteiger partial charge in [-0.3, -0.25) is 0 Å². The maximum absolute atomic E-state index is 14.0. The summed E-state index contributed by atoms with van der Waals surface area (Å²) in [5.74, 6) is 0.473. The number of hydrogen-bond donors (Lipinski definition) is 1. The van der Waals surface area contributed by atoms with Crippen molar-refractivity contribution in [2.45, 2.75) is 26.4 Å². The van der Waals surface area contributed by atoms with Crippen molar-refractivity contribution in [3.8, 4) is 11.5 Å². The molecule has 1 N–H and O–H groups in total. The van der Waals surface area contributed by atoms with Crippen LogP contribution in [0.5, 0.6) is 11.5 Å². The Morgan fingerprint density at radius 3 is 1.90 bits per heavy atom. The van der Waals surface area contributed by atoms with Crippen molar-refractivity contribution in [1.82, 2.24) is 0 Å². The van der Waals surface area contributed by atoms with Crippen molar-refractivity contribution in [1.29, 1.82) is 0 Å². The molecule has 4 aromatic rings. The first kappa shape index (κ1) is 31.4. The molecule has 1 unspecified atom stereocenters. The molecule has 0 aromatic heterocycles. The van der Waals surface area contributed by atoms with Gasteiger partial charge in [0.05, 0.1) is 33.2 Å². The molecular formula is C30H26Br2Cl2F2O3. The van der Waals surface area contributed by atoms with Gasteiger partial charge in [-0.15, -0.1) is 0 Å². The SMILES string of the molecule is COc1cc(C)c(C(O)c2cccc(Cl)c2F)cc1Br.COc1cc(C)c(Cc2cccc(Cl)c2F)cc1Br.